The molecular weight excluding hydrogens is 260 g/mol. The van der Waals surface area contributed by atoms with E-state index >= 15 is 0 Å². The molecule has 2 heterocycles. The molecular formula is C13H14N4OS. The highest BCUT2D eigenvalue weighted by Gasteiger charge is 2.26. The summed E-state index contributed by atoms with van der Waals surface area (Å²) in [5, 5.41) is 8.97. The van der Waals surface area contributed by atoms with Crippen molar-refractivity contribution in [1.82, 2.24) is 14.9 Å². The minimum Gasteiger partial charge on any atom is -0.308 e. The summed E-state index contributed by atoms with van der Waals surface area (Å²) < 4.78 is 3.77. The smallest absolute Gasteiger partial charge is 0.279 e. The number of anilines is 1. The predicted molar refractivity (Wildman–Crippen MR) is 74.3 cm³/mol. The van der Waals surface area contributed by atoms with Crippen LogP contribution in [-0.4, -0.2) is 28.1 Å². The van der Waals surface area contributed by atoms with Crippen LogP contribution in [0.25, 0.3) is 0 Å². The highest BCUT2D eigenvalue weighted by Crippen LogP contribution is 2.24. The van der Waals surface area contributed by atoms with Gasteiger partial charge in [-0.05, 0) is 30.1 Å². The number of rotatable bonds is 1. The van der Waals surface area contributed by atoms with Crippen molar-refractivity contribution in [2.75, 3.05) is 11.4 Å². The van der Waals surface area contributed by atoms with Crippen LogP contribution in [0.5, 0.6) is 0 Å². The molecule has 1 aliphatic rings. The van der Waals surface area contributed by atoms with Crippen LogP contribution in [0.4, 0.5) is 5.69 Å². The fourth-order valence-electron chi connectivity index (χ4n) is 2.23. The van der Waals surface area contributed by atoms with Crippen LogP contribution in [0.15, 0.2) is 29.6 Å². The van der Waals surface area contributed by atoms with E-state index in [1.807, 2.05) is 24.3 Å². The molecule has 2 aromatic rings. The number of amides is 1. The van der Waals surface area contributed by atoms with Crippen molar-refractivity contribution in [1.29, 1.82) is 0 Å². The van der Waals surface area contributed by atoms with E-state index < -0.39 is 0 Å². The van der Waals surface area contributed by atoms with Gasteiger partial charge in [-0.1, -0.05) is 22.7 Å². The largest absolute Gasteiger partial charge is 0.308 e. The minimum atomic E-state index is -0.0863. The van der Waals surface area contributed by atoms with Gasteiger partial charge in [0.05, 0.1) is 0 Å². The molecule has 1 aromatic heterocycles. The van der Waals surface area contributed by atoms with Crippen LogP contribution in [0.3, 0.4) is 0 Å². The number of fused-ring (bicyclic) bond motifs is 1. The standard InChI is InChI=1S/C13H14N4OS/c1-9-7-17(13(18)11-8-19-16-15-11)12-5-3-2-4-10(12)6-14-9/h2-5,8-9,14H,6-7H2,1H3. The van der Waals surface area contributed by atoms with Gasteiger partial charge in [0.1, 0.15) is 0 Å². The van der Waals surface area contributed by atoms with Crippen molar-refractivity contribution >= 4 is 23.1 Å². The zero-order chi connectivity index (χ0) is 13.2. The normalized spacial score (nSPS) is 18.8. The Hall–Kier alpha value is -1.79. The summed E-state index contributed by atoms with van der Waals surface area (Å²) >= 11 is 1.19. The molecule has 5 nitrogen and oxygen atoms in total. The topological polar surface area (TPSA) is 58.1 Å². The fraction of sp³-hybridized carbons (Fsp3) is 0.308. The lowest BCUT2D eigenvalue weighted by atomic mass is 10.1. The zero-order valence-corrected chi connectivity index (χ0v) is 11.4. The molecule has 0 spiro atoms. The SMILES string of the molecule is CC1CN(C(=O)c2csnn2)c2ccccc2CN1. The molecule has 0 saturated carbocycles. The Bertz CT molecular complexity index is 584. The zero-order valence-electron chi connectivity index (χ0n) is 10.5. The summed E-state index contributed by atoms with van der Waals surface area (Å²) in [6.45, 7) is 3.48. The first-order valence-corrected chi connectivity index (χ1v) is 6.99. The number of carbonyl (C=O) groups excluding carboxylic acids is 1. The van der Waals surface area contributed by atoms with Gasteiger partial charge < -0.3 is 10.2 Å². The van der Waals surface area contributed by atoms with Crippen molar-refractivity contribution in [3.63, 3.8) is 0 Å². The third kappa shape index (κ3) is 2.36. The van der Waals surface area contributed by atoms with Gasteiger partial charge in [0.2, 0.25) is 0 Å². The Balaban J connectivity index is 2.01. The Morgan fingerprint density at radius 1 is 1.47 bits per heavy atom. The quantitative estimate of drug-likeness (QED) is 0.859. The number of hydrogen-bond donors (Lipinski definition) is 1. The van der Waals surface area contributed by atoms with Crippen LogP contribution in [0.2, 0.25) is 0 Å². The molecule has 0 bridgehead atoms. The summed E-state index contributed by atoms with van der Waals surface area (Å²) in [6, 6.07) is 8.20. The van der Waals surface area contributed by atoms with Crippen molar-refractivity contribution in [2.24, 2.45) is 0 Å². The number of nitrogens with zero attached hydrogens (tertiary/aromatic N) is 3. The van der Waals surface area contributed by atoms with E-state index in [4.69, 9.17) is 0 Å². The van der Waals surface area contributed by atoms with Gasteiger partial charge in [-0.3, -0.25) is 4.79 Å². The number of hydrogen-bond acceptors (Lipinski definition) is 5. The Morgan fingerprint density at radius 3 is 3.11 bits per heavy atom. The first kappa shape index (κ1) is 12.3. The van der Waals surface area contributed by atoms with Crippen molar-refractivity contribution in [3.05, 3.63) is 40.9 Å². The van der Waals surface area contributed by atoms with Crippen LogP contribution in [0, 0.1) is 0 Å². The van der Waals surface area contributed by atoms with Gasteiger partial charge in [-0.25, -0.2) is 0 Å². The van der Waals surface area contributed by atoms with Crippen molar-refractivity contribution < 1.29 is 4.79 Å². The first-order valence-electron chi connectivity index (χ1n) is 6.16. The number of aromatic nitrogens is 2. The van der Waals surface area contributed by atoms with E-state index in [9.17, 15) is 4.79 Å². The van der Waals surface area contributed by atoms with E-state index in [1.54, 1.807) is 10.3 Å². The maximum absolute atomic E-state index is 12.5. The number of carbonyl (C=O) groups is 1. The van der Waals surface area contributed by atoms with E-state index in [0.29, 0.717) is 12.2 Å². The van der Waals surface area contributed by atoms with Crippen molar-refractivity contribution in [3.8, 4) is 0 Å². The van der Waals surface area contributed by atoms with E-state index in [1.165, 1.54) is 11.5 Å². The molecule has 1 amide bonds. The minimum absolute atomic E-state index is 0.0863. The lowest BCUT2D eigenvalue weighted by molar-refractivity contribution is 0.0980. The second kappa shape index (κ2) is 5.07. The Morgan fingerprint density at radius 2 is 2.32 bits per heavy atom. The van der Waals surface area contributed by atoms with Gasteiger partial charge >= 0.3 is 0 Å². The van der Waals surface area contributed by atoms with Gasteiger partial charge in [0.15, 0.2) is 5.69 Å². The lowest BCUT2D eigenvalue weighted by Gasteiger charge is -2.23. The molecule has 1 atom stereocenters. The first-order chi connectivity index (χ1) is 9.25. The predicted octanol–water partition coefficient (Wildman–Crippen LogP) is 1.68. The maximum Gasteiger partial charge on any atom is 0.279 e. The molecule has 1 aliphatic heterocycles. The molecule has 98 valence electrons. The van der Waals surface area contributed by atoms with Gasteiger partial charge in [0.25, 0.3) is 5.91 Å². The third-order valence-electron chi connectivity index (χ3n) is 3.20. The van der Waals surface area contributed by atoms with Gasteiger partial charge in [0, 0.05) is 30.2 Å². The monoisotopic (exact) mass is 274 g/mol. The molecule has 0 saturated heterocycles. The van der Waals surface area contributed by atoms with Crippen molar-refractivity contribution in [2.45, 2.75) is 19.5 Å². The molecule has 3 rings (SSSR count). The highest BCUT2D eigenvalue weighted by molar-refractivity contribution is 7.03. The average molecular weight is 274 g/mol. The van der Waals surface area contributed by atoms with Gasteiger partial charge in [-0.2, -0.15) is 0 Å². The number of para-hydroxylation sites is 1. The molecule has 0 aliphatic carbocycles. The number of nitrogens with one attached hydrogen (secondary N) is 1. The summed E-state index contributed by atoms with van der Waals surface area (Å²) in [7, 11) is 0. The number of benzene rings is 1. The van der Waals surface area contributed by atoms with Crippen LogP contribution in [0.1, 0.15) is 23.0 Å². The molecule has 0 fully saturated rings. The Kier molecular flexibility index (Phi) is 3.27. The molecule has 0 radical (unpaired) electrons. The van der Waals surface area contributed by atoms with E-state index in [2.05, 4.69) is 21.8 Å². The second-order valence-electron chi connectivity index (χ2n) is 4.62. The summed E-state index contributed by atoms with van der Waals surface area (Å²) in [6.07, 6.45) is 0. The van der Waals surface area contributed by atoms with Crippen LogP contribution in [-0.2, 0) is 6.54 Å². The molecule has 1 unspecified atom stereocenters. The third-order valence-corrected chi connectivity index (χ3v) is 3.71. The average Bonchev–Trinajstić information content (AvgIpc) is 2.91. The Labute approximate surface area is 115 Å². The van der Waals surface area contributed by atoms with E-state index in [-0.39, 0.29) is 11.9 Å². The maximum atomic E-state index is 12.5. The molecule has 1 aromatic carbocycles. The summed E-state index contributed by atoms with van der Waals surface area (Å²) in [5.74, 6) is -0.0863. The lowest BCUT2D eigenvalue weighted by Crippen LogP contribution is -2.39. The van der Waals surface area contributed by atoms with Crippen LogP contribution >= 0.6 is 11.5 Å². The molecule has 19 heavy (non-hydrogen) atoms. The summed E-state index contributed by atoms with van der Waals surface area (Å²) in [5.41, 5.74) is 2.50. The fourth-order valence-corrected chi connectivity index (χ4v) is 2.66. The van der Waals surface area contributed by atoms with Gasteiger partial charge in [-0.15, -0.1) is 5.10 Å². The molecule has 1 N–H and O–H groups in total. The summed E-state index contributed by atoms with van der Waals surface area (Å²) in [4.78, 5) is 14.3. The molecule has 6 heteroatoms. The van der Waals surface area contributed by atoms with Crippen LogP contribution < -0.4 is 10.2 Å². The highest BCUT2D eigenvalue weighted by atomic mass is 32.1. The second-order valence-corrected chi connectivity index (χ2v) is 5.23. The van der Waals surface area contributed by atoms with E-state index in [0.717, 1.165) is 17.8 Å².